The Balaban J connectivity index is 2.18. The Morgan fingerprint density at radius 2 is 1.94 bits per heavy atom. The molecule has 0 aliphatic heterocycles. The Hall–Kier alpha value is -0.380. The van der Waals surface area contributed by atoms with Gasteiger partial charge < -0.3 is 10.6 Å². The number of rotatable bonds is 7. The van der Waals surface area contributed by atoms with Gasteiger partial charge in [-0.15, -0.1) is 0 Å². The summed E-state index contributed by atoms with van der Waals surface area (Å²) in [6, 6.07) is 7.12. The van der Waals surface area contributed by atoms with Gasteiger partial charge in [-0.25, -0.2) is 0 Å². The van der Waals surface area contributed by atoms with Crippen LogP contribution in [0.4, 0.5) is 0 Å². The van der Waals surface area contributed by atoms with Gasteiger partial charge in [0.25, 0.3) is 0 Å². The maximum absolute atomic E-state index is 3.52. The summed E-state index contributed by atoms with van der Waals surface area (Å²) < 4.78 is 1.16. The Morgan fingerprint density at radius 3 is 2.59 bits per heavy atom. The van der Waals surface area contributed by atoms with Gasteiger partial charge >= 0.3 is 0 Å². The molecule has 0 spiro atoms. The van der Waals surface area contributed by atoms with Crippen molar-refractivity contribution >= 4 is 15.9 Å². The summed E-state index contributed by atoms with van der Waals surface area (Å²) in [5.74, 6) is 0. The van der Waals surface area contributed by atoms with Crippen LogP contribution in [-0.4, -0.2) is 19.1 Å². The molecule has 0 aromatic heterocycles. The van der Waals surface area contributed by atoms with Gasteiger partial charge in [0.15, 0.2) is 0 Å². The van der Waals surface area contributed by atoms with Crippen LogP contribution in [0.5, 0.6) is 0 Å². The molecule has 17 heavy (non-hydrogen) atoms. The fourth-order valence-corrected chi connectivity index (χ4v) is 2.41. The van der Waals surface area contributed by atoms with E-state index < -0.39 is 0 Å². The highest BCUT2D eigenvalue weighted by Crippen LogP contribution is 2.14. The van der Waals surface area contributed by atoms with Crippen LogP contribution in [0.2, 0.25) is 0 Å². The van der Waals surface area contributed by atoms with Crippen LogP contribution in [0, 0.1) is 6.92 Å². The van der Waals surface area contributed by atoms with Crippen molar-refractivity contribution in [3.8, 4) is 0 Å². The number of aryl methyl sites for hydroxylation is 1. The Kier molecular flexibility index (Phi) is 6.78. The molecule has 0 unspecified atom stereocenters. The third-order valence-corrected chi connectivity index (χ3v) is 2.97. The fourth-order valence-electron chi connectivity index (χ4n) is 1.75. The topological polar surface area (TPSA) is 24.1 Å². The van der Waals surface area contributed by atoms with Crippen molar-refractivity contribution in [3.63, 3.8) is 0 Å². The third-order valence-electron chi connectivity index (χ3n) is 2.51. The van der Waals surface area contributed by atoms with Crippen LogP contribution >= 0.6 is 15.9 Å². The molecule has 1 rings (SSSR count). The van der Waals surface area contributed by atoms with E-state index in [1.54, 1.807) is 0 Å². The molecule has 0 saturated heterocycles. The molecular formula is C14H23BrN2. The first kappa shape index (κ1) is 14.7. The smallest absolute Gasteiger partial charge is 0.0206 e. The summed E-state index contributed by atoms with van der Waals surface area (Å²) in [6.45, 7) is 9.58. The zero-order valence-electron chi connectivity index (χ0n) is 11.0. The van der Waals surface area contributed by atoms with Crippen molar-refractivity contribution in [2.24, 2.45) is 0 Å². The lowest BCUT2D eigenvalue weighted by Crippen LogP contribution is -2.26. The van der Waals surface area contributed by atoms with E-state index in [4.69, 9.17) is 0 Å². The zero-order chi connectivity index (χ0) is 12.7. The SMILES string of the molecule is Cc1cc(Br)cc(CNCCCNC(C)C)c1. The van der Waals surface area contributed by atoms with Gasteiger partial charge in [-0.2, -0.15) is 0 Å². The lowest BCUT2D eigenvalue weighted by Gasteiger charge is -2.09. The maximum atomic E-state index is 3.52. The molecule has 1 aromatic carbocycles. The monoisotopic (exact) mass is 298 g/mol. The second kappa shape index (κ2) is 7.85. The molecule has 0 fully saturated rings. The van der Waals surface area contributed by atoms with Crippen molar-refractivity contribution in [1.82, 2.24) is 10.6 Å². The minimum atomic E-state index is 0.586. The highest BCUT2D eigenvalue weighted by atomic mass is 79.9. The molecule has 0 radical (unpaired) electrons. The fraction of sp³-hybridized carbons (Fsp3) is 0.571. The zero-order valence-corrected chi connectivity index (χ0v) is 12.6. The second-order valence-corrected chi connectivity index (χ2v) is 5.69. The van der Waals surface area contributed by atoms with Gasteiger partial charge in [0.2, 0.25) is 0 Å². The molecule has 0 aliphatic rings. The van der Waals surface area contributed by atoms with E-state index in [-0.39, 0.29) is 0 Å². The molecule has 0 amide bonds. The molecule has 0 heterocycles. The molecule has 2 N–H and O–H groups in total. The molecular weight excluding hydrogens is 276 g/mol. The summed E-state index contributed by atoms with van der Waals surface area (Å²) in [6.07, 6.45) is 1.17. The molecule has 1 aromatic rings. The summed E-state index contributed by atoms with van der Waals surface area (Å²) >= 11 is 3.52. The highest BCUT2D eigenvalue weighted by Gasteiger charge is 1.97. The van der Waals surface area contributed by atoms with Crippen molar-refractivity contribution < 1.29 is 0 Å². The van der Waals surface area contributed by atoms with Crippen LogP contribution < -0.4 is 10.6 Å². The maximum Gasteiger partial charge on any atom is 0.0206 e. The van der Waals surface area contributed by atoms with E-state index in [2.05, 4.69) is 65.5 Å². The summed E-state index contributed by atoms with van der Waals surface area (Å²) in [5.41, 5.74) is 2.64. The average Bonchev–Trinajstić information content (AvgIpc) is 2.21. The predicted octanol–water partition coefficient (Wildman–Crippen LogP) is 3.24. The summed E-state index contributed by atoms with van der Waals surface area (Å²) in [4.78, 5) is 0. The van der Waals surface area contributed by atoms with Crippen LogP contribution in [0.3, 0.4) is 0 Å². The highest BCUT2D eigenvalue weighted by molar-refractivity contribution is 9.10. The first-order valence-electron chi connectivity index (χ1n) is 6.28. The Labute approximate surface area is 113 Å². The van der Waals surface area contributed by atoms with Crippen molar-refractivity contribution in [2.75, 3.05) is 13.1 Å². The number of halogens is 1. The standard InChI is InChI=1S/C14H23BrN2/c1-11(2)17-6-4-5-16-10-13-7-12(3)8-14(15)9-13/h7-9,11,16-17H,4-6,10H2,1-3H3. The second-order valence-electron chi connectivity index (χ2n) is 4.78. The van der Waals surface area contributed by atoms with Gasteiger partial charge in [0.1, 0.15) is 0 Å². The average molecular weight is 299 g/mol. The van der Waals surface area contributed by atoms with Gasteiger partial charge in [-0.3, -0.25) is 0 Å². The molecule has 0 saturated carbocycles. The number of benzene rings is 1. The first-order chi connectivity index (χ1) is 8.08. The van der Waals surface area contributed by atoms with E-state index >= 15 is 0 Å². The van der Waals surface area contributed by atoms with E-state index in [0.29, 0.717) is 6.04 Å². The molecule has 0 atom stereocenters. The lowest BCUT2D eigenvalue weighted by atomic mass is 10.1. The van der Waals surface area contributed by atoms with Gasteiger partial charge in [0.05, 0.1) is 0 Å². The number of hydrogen-bond donors (Lipinski definition) is 2. The quantitative estimate of drug-likeness (QED) is 0.755. The van der Waals surface area contributed by atoms with E-state index in [0.717, 1.165) is 24.1 Å². The van der Waals surface area contributed by atoms with Gasteiger partial charge in [0, 0.05) is 17.1 Å². The third kappa shape index (κ3) is 6.81. The minimum absolute atomic E-state index is 0.586. The molecule has 0 aliphatic carbocycles. The van der Waals surface area contributed by atoms with Crippen LogP contribution in [0.25, 0.3) is 0 Å². The van der Waals surface area contributed by atoms with Crippen LogP contribution in [-0.2, 0) is 6.54 Å². The molecule has 3 heteroatoms. The predicted molar refractivity (Wildman–Crippen MR) is 78.3 cm³/mol. The summed E-state index contributed by atoms with van der Waals surface area (Å²) in [5, 5.41) is 6.88. The van der Waals surface area contributed by atoms with Gasteiger partial charge in [-0.1, -0.05) is 35.8 Å². The Morgan fingerprint density at radius 1 is 1.18 bits per heavy atom. The number of nitrogens with one attached hydrogen (secondary N) is 2. The molecule has 96 valence electrons. The van der Waals surface area contributed by atoms with Crippen LogP contribution in [0.1, 0.15) is 31.4 Å². The van der Waals surface area contributed by atoms with Crippen molar-refractivity contribution in [3.05, 3.63) is 33.8 Å². The van der Waals surface area contributed by atoms with Crippen molar-refractivity contribution in [2.45, 2.75) is 39.8 Å². The van der Waals surface area contributed by atoms with E-state index in [9.17, 15) is 0 Å². The summed E-state index contributed by atoms with van der Waals surface area (Å²) in [7, 11) is 0. The molecule has 2 nitrogen and oxygen atoms in total. The van der Waals surface area contributed by atoms with E-state index in [1.165, 1.54) is 17.5 Å². The van der Waals surface area contributed by atoms with E-state index in [1.807, 2.05) is 0 Å². The largest absolute Gasteiger partial charge is 0.314 e. The lowest BCUT2D eigenvalue weighted by molar-refractivity contribution is 0.547. The van der Waals surface area contributed by atoms with Crippen molar-refractivity contribution in [1.29, 1.82) is 0 Å². The first-order valence-corrected chi connectivity index (χ1v) is 7.07. The normalized spacial score (nSPS) is 11.1. The van der Waals surface area contributed by atoms with Gasteiger partial charge in [-0.05, 0) is 49.7 Å². The number of hydrogen-bond acceptors (Lipinski definition) is 2. The minimum Gasteiger partial charge on any atom is -0.314 e. The van der Waals surface area contributed by atoms with Crippen LogP contribution in [0.15, 0.2) is 22.7 Å². The molecule has 0 bridgehead atoms. The Bertz CT molecular complexity index is 317.